The standard InChI is InChI=1S/C24H20INO5/c1-15-19(17-4-2-16(3-5-17)13-30-25)7-9-22(26-15)31-23(27)24(10-11-24)18-6-8-20-21(12-18)29-14-28-20/h2-9,12H,10-11,13-14H2,1H3. The molecule has 31 heavy (non-hydrogen) atoms. The summed E-state index contributed by atoms with van der Waals surface area (Å²) < 4.78 is 21.7. The third-order valence-electron chi connectivity index (χ3n) is 5.81. The number of esters is 1. The van der Waals surface area contributed by atoms with Crippen molar-refractivity contribution in [2.24, 2.45) is 0 Å². The van der Waals surface area contributed by atoms with Crippen LogP contribution in [0.2, 0.25) is 0 Å². The number of hydrogen-bond donors (Lipinski definition) is 0. The number of fused-ring (bicyclic) bond motifs is 1. The highest BCUT2D eigenvalue weighted by Crippen LogP contribution is 2.51. The molecule has 1 fully saturated rings. The first-order valence-electron chi connectivity index (χ1n) is 10.0. The van der Waals surface area contributed by atoms with Crippen molar-refractivity contribution in [3.05, 3.63) is 71.4 Å². The molecule has 7 heteroatoms. The zero-order valence-electron chi connectivity index (χ0n) is 16.9. The Morgan fingerprint density at radius 2 is 1.84 bits per heavy atom. The van der Waals surface area contributed by atoms with Crippen molar-refractivity contribution in [2.45, 2.75) is 31.8 Å². The van der Waals surface area contributed by atoms with Crippen molar-refractivity contribution in [3.63, 3.8) is 0 Å². The average molecular weight is 529 g/mol. The highest BCUT2D eigenvalue weighted by Gasteiger charge is 2.53. The molecule has 0 unspecified atom stereocenters. The molecule has 158 valence electrons. The van der Waals surface area contributed by atoms with Crippen LogP contribution in [0.15, 0.2) is 54.6 Å². The maximum Gasteiger partial charge on any atom is 0.323 e. The summed E-state index contributed by atoms with van der Waals surface area (Å²) in [5.41, 5.74) is 4.22. The van der Waals surface area contributed by atoms with Crippen molar-refractivity contribution in [3.8, 4) is 28.5 Å². The predicted octanol–water partition coefficient (Wildman–Crippen LogP) is 5.29. The van der Waals surface area contributed by atoms with E-state index in [0.29, 0.717) is 24.0 Å². The fraction of sp³-hybridized carbons (Fsp3) is 0.250. The van der Waals surface area contributed by atoms with Gasteiger partial charge >= 0.3 is 5.97 Å². The van der Waals surface area contributed by atoms with E-state index in [9.17, 15) is 4.79 Å². The van der Waals surface area contributed by atoms with E-state index in [-0.39, 0.29) is 12.8 Å². The molecule has 1 aliphatic carbocycles. The molecule has 1 aromatic heterocycles. The van der Waals surface area contributed by atoms with Gasteiger partial charge in [-0.15, -0.1) is 0 Å². The fourth-order valence-electron chi connectivity index (χ4n) is 3.87. The van der Waals surface area contributed by atoms with E-state index in [1.807, 2.05) is 78.5 Å². The van der Waals surface area contributed by atoms with E-state index in [2.05, 4.69) is 4.98 Å². The predicted molar refractivity (Wildman–Crippen MR) is 122 cm³/mol. The molecule has 0 amide bonds. The summed E-state index contributed by atoms with van der Waals surface area (Å²) in [5, 5.41) is 0. The van der Waals surface area contributed by atoms with Gasteiger partial charge in [-0.1, -0.05) is 30.3 Å². The molecule has 5 rings (SSSR count). The SMILES string of the molecule is Cc1nc(OC(=O)C2(c3ccc4c(c3)OCO4)CC2)ccc1-c1ccc(COI)cc1. The molecule has 0 radical (unpaired) electrons. The number of hydrogen-bond acceptors (Lipinski definition) is 6. The van der Waals surface area contributed by atoms with Gasteiger partial charge in [0.15, 0.2) is 11.5 Å². The van der Waals surface area contributed by atoms with Crippen LogP contribution in [0.1, 0.15) is 29.7 Å². The van der Waals surface area contributed by atoms with Crippen LogP contribution in [-0.4, -0.2) is 17.7 Å². The van der Waals surface area contributed by atoms with Crippen LogP contribution < -0.4 is 14.2 Å². The topological polar surface area (TPSA) is 66.9 Å². The van der Waals surface area contributed by atoms with Crippen molar-refractivity contribution in [1.29, 1.82) is 0 Å². The van der Waals surface area contributed by atoms with Gasteiger partial charge in [0, 0.05) is 17.3 Å². The second-order valence-corrected chi connectivity index (χ2v) is 8.40. The van der Waals surface area contributed by atoms with Crippen LogP contribution in [-0.2, 0) is 19.9 Å². The third kappa shape index (κ3) is 3.87. The number of ether oxygens (including phenoxy) is 3. The molecule has 0 N–H and O–H groups in total. The number of nitrogens with zero attached hydrogens (tertiary/aromatic N) is 1. The van der Waals surface area contributed by atoms with Crippen molar-refractivity contribution < 1.29 is 22.1 Å². The Hall–Kier alpha value is -2.65. The van der Waals surface area contributed by atoms with Gasteiger partial charge in [-0.2, -0.15) is 0 Å². The van der Waals surface area contributed by atoms with Crippen LogP contribution in [0, 0.1) is 6.92 Å². The number of rotatable bonds is 6. The Morgan fingerprint density at radius 1 is 1.06 bits per heavy atom. The van der Waals surface area contributed by atoms with Crippen LogP contribution >= 0.6 is 23.0 Å². The number of benzene rings is 2. The zero-order valence-corrected chi connectivity index (χ0v) is 19.0. The first-order valence-corrected chi connectivity index (χ1v) is 10.9. The lowest BCUT2D eigenvalue weighted by molar-refractivity contribution is -0.137. The van der Waals surface area contributed by atoms with Crippen molar-refractivity contribution in [2.75, 3.05) is 6.79 Å². The van der Waals surface area contributed by atoms with Crippen LogP contribution in [0.3, 0.4) is 0 Å². The summed E-state index contributed by atoms with van der Waals surface area (Å²) in [6, 6.07) is 17.5. The summed E-state index contributed by atoms with van der Waals surface area (Å²) >= 11 is 1.89. The molecule has 2 aliphatic rings. The fourth-order valence-corrected chi connectivity index (χ4v) is 4.23. The average Bonchev–Trinajstić information content (AvgIpc) is 3.46. The van der Waals surface area contributed by atoms with Gasteiger partial charge < -0.3 is 17.3 Å². The Labute approximate surface area is 194 Å². The summed E-state index contributed by atoms with van der Waals surface area (Å²) in [5.74, 6) is 1.41. The zero-order chi connectivity index (χ0) is 21.4. The van der Waals surface area contributed by atoms with Gasteiger partial charge in [0.1, 0.15) is 23.0 Å². The van der Waals surface area contributed by atoms with Gasteiger partial charge in [-0.3, -0.25) is 4.79 Å². The molecule has 3 aromatic rings. The first-order chi connectivity index (χ1) is 15.1. The maximum absolute atomic E-state index is 13.0. The van der Waals surface area contributed by atoms with Crippen molar-refractivity contribution >= 4 is 29.0 Å². The van der Waals surface area contributed by atoms with Crippen molar-refractivity contribution in [1.82, 2.24) is 4.98 Å². The van der Waals surface area contributed by atoms with Gasteiger partial charge in [0.05, 0.1) is 12.0 Å². The molecular weight excluding hydrogens is 509 g/mol. The van der Waals surface area contributed by atoms with E-state index in [0.717, 1.165) is 40.8 Å². The Kier molecular flexibility index (Phi) is 5.31. The minimum atomic E-state index is -0.633. The van der Waals surface area contributed by atoms with Crippen LogP contribution in [0.4, 0.5) is 0 Å². The molecule has 2 aromatic carbocycles. The van der Waals surface area contributed by atoms with Gasteiger partial charge in [0.2, 0.25) is 12.7 Å². The molecule has 0 bridgehead atoms. The number of aryl methyl sites for hydroxylation is 1. The second kappa shape index (κ2) is 8.12. The number of carbonyl (C=O) groups is 1. The minimum Gasteiger partial charge on any atom is -0.454 e. The number of aromatic nitrogens is 1. The van der Waals surface area contributed by atoms with Gasteiger partial charge in [-0.25, -0.2) is 4.98 Å². The number of halogens is 1. The maximum atomic E-state index is 13.0. The molecular formula is C24H20INO5. The number of carbonyl (C=O) groups excluding carboxylic acids is 1. The first kappa shape index (κ1) is 20.3. The van der Waals surface area contributed by atoms with E-state index in [1.54, 1.807) is 6.07 Å². The molecule has 0 spiro atoms. The Balaban J connectivity index is 1.33. The smallest absolute Gasteiger partial charge is 0.323 e. The normalized spacial score (nSPS) is 15.5. The second-order valence-electron chi connectivity index (χ2n) is 7.77. The van der Waals surface area contributed by atoms with E-state index in [4.69, 9.17) is 17.3 Å². The van der Waals surface area contributed by atoms with E-state index < -0.39 is 5.41 Å². The largest absolute Gasteiger partial charge is 0.454 e. The monoisotopic (exact) mass is 529 g/mol. The lowest BCUT2D eigenvalue weighted by Crippen LogP contribution is -2.26. The Morgan fingerprint density at radius 3 is 2.55 bits per heavy atom. The summed E-state index contributed by atoms with van der Waals surface area (Å²) in [4.78, 5) is 17.5. The van der Waals surface area contributed by atoms with E-state index >= 15 is 0 Å². The van der Waals surface area contributed by atoms with Crippen LogP contribution in [0.25, 0.3) is 11.1 Å². The van der Waals surface area contributed by atoms with E-state index in [1.165, 1.54) is 0 Å². The molecule has 1 saturated carbocycles. The molecule has 0 saturated heterocycles. The molecule has 0 atom stereocenters. The lowest BCUT2D eigenvalue weighted by atomic mass is 9.95. The number of pyridine rings is 1. The molecule has 1 aliphatic heterocycles. The van der Waals surface area contributed by atoms with Crippen LogP contribution in [0.5, 0.6) is 17.4 Å². The highest BCUT2D eigenvalue weighted by atomic mass is 127. The van der Waals surface area contributed by atoms with Gasteiger partial charge in [0.25, 0.3) is 0 Å². The summed E-state index contributed by atoms with van der Waals surface area (Å²) in [6.07, 6.45) is 1.49. The summed E-state index contributed by atoms with van der Waals surface area (Å²) in [7, 11) is 0. The molecule has 2 heterocycles. The Bertz CT molecular complexity index is 1140. The summed E-state index contributed by atoms with van der Waals surface area (Å²) in [6.45, 7) is 2.69. The molecule has 6 nitrogen and oxygen atoms in total. The lowest BCUT2D eigenvalue weighted by Gasteiger charge is -2.15. The minimum absolute atomic E-state index is 0.209. The van der Waals surface area contributed by atoms with Gasteiger partial charge in [-0.05, 0) is 54.7 Å². The quantitative estimate of drug-likeness (QED) is 0.320. The third-order valence-corrected chi connectivity index (χ3v) is 6.12. The highest BCUT2D eigenvalue weighted by molar-refractivity contribution is 14.1.